The molecule has 0 saturated heterocycles. The topological polar surface area (TPSA) is 75.0 Å². The summed E-state index contributed by atoms with van der Waals surface area (Å²) in [6, 6.07) is 21.5. The van der Waals surface area contributed by atoms with Crippen molar-refractivity contribution in [2.45, 2.75) is 20.0 Å². The molecule has 6 aromatic rings. The van der Waals surface area contributed by atoms with Gasteiger partial charge < -0.3 is 4.98 Å². The lowest BCUT2D eigenvalue weighted by atomic mass is 9.99. The molecule has 0 aliphatic heterocycles. The molecular formula is C30H25F2N7. The fourth-order valence-electron chi connectivity index (χ4n) is 4.74. The minimum absolute atomic E-state index is 0.524. The summed E-state index contributed by atoms with van der Waals surface area (Å²) in [6.07, 6.45) is 3.43. The SMILES string of the molecule is Cc1cccc(-c2[nH]c(CN(C)Cc3ccccc3-c3ccc(F)c(F)c3)nc2-c2ccc3ncnn3c2)n1. The Morgan fingerprint density at radius 1 is 0.872 bits per heavy atom. The number of imidazole rings is 1. The van der Waals surface area contributed by atoms with Crippen LogP contribution in [-0.4, -0.2) is 41.5 Å². The van der Waals surface area contributed by atoms with E-state index in [9.17, 15) is 8.78 Å². The predicted molar refractivity (Wildman–Crippen MR) is 146 cm³/mol. The second-order valence-electron chi connectivity index (χ2n) is 9.51. The van der Waals surface area contributed by atoms with Crippen LogP contribution in [0.15, 0.2) is 85.3 Å². The van der Waals surface area contributed by atoms with Gasteiger partial charge in [-0.25, -0.2) is 23.3 Å². The molecule has 0 unspecified atom stereocenters. The van der Waals surface area contributed by atoms with E-state index in [1.54, 1.807) is 10.6 Å². The van der Waals surface area contributed by atoms with Crippen LogP contribution in [0.3, 0.4) is 0 Å². The van der Waals surface area contributed by atoms with Crippen LogP contribution in [0.1, 0.15) is 17.1 Å². The molecule has 0 atom stereocenters. The second-order valence-corrected chi connectivity index (χ2v) is 9.51. The third-order valence-corrected chi connectivity index (χ3v) is 6.55. The summed E-state index contributed by atoms with van der Waals surface area (Å²) in [7, 11) is 2.00. The van der Waals surface area contributed by atoms with Gasteiger partial charge >= 0.3 is 0 Å². The highest BCUT2D eigenvalue weighted by Gasteiger charge is 2.18. The van der Waals surface area contributed by atoms with Crippen molar-refractivity contribution in [2.75, 3.05) is 7.05 Å². The number of halogens is 2. The third-order valence-electron chi connectivity index (χ3n) is 6.55. The lowest BCUT2D eigenvalue weighted by Gasteiger charge is -2.18. The number of rotatable bonds is 7. The quantitative estimate of drug-likeness (QED) is 0.276. The number of hydrogen-bond donors (Lipinski definition) is 1. The van der Waals surface area contributed by atoms with E-state index >= 15 is 0 Å². The van der Waals surface area contributed by atoms with E-state index in [-0.39, 0.29) is 0 Å². The van der Waals surface area contributed by atoms with Crippen LogP contribution in [0, 0.1) is 18.6 Å². The zero-order chi connectivity index (χ0) is 26.9. The van der Waals surface area contributed by atoms with E-state index in [0.717, 1.165) is 57.0 Å². The Kier molecular flexibility index (Phi) is 6.42. The molecule has 0 saturated carbocycles. The average molecular weight is 522 g/mol. The van der Waals surface area contributed by atoms with Crippen LogP contribution in [0.4, 0.5) is 8.78 Å². The first-order chi connectivity index (χ1) is 18.9. The van der Waals surface area contributed by atoms with Crippen LogP contribution in [0.25, 0.3) is 39.4 Å². The van der Waals surface area contributed by atoms with Gasteiger partial charge in [0.15, 0.2) is 17.3 Å². The van der Waals surface area contributed by atoms with E-state index in [2.05, 4.69) is 20.0 Å². The standard InChI is InChI=1S/C30H25F2N7/c1-19-6-5-9-26(35-19)30-29(22-11-13-28-33-18-34-39(28)16-22)36-27(37-30)17-38(2)15-21-7-3-4-8-23(21)20-10-12-24(31)25(32)14-20/h3-14,16,18H,15,17H2,1-2H3,(H,36,37). The zero-order valence-corrected chi connectivity index (χ0v) is 21.4. The lowest BCUT2D eigenvalue weighted by Crippen LogP contribution is -2.18. The minimum atomic E-state index is -0.861. The molecule has 1 N–H and O–H groups in total. The van der Waals surface area contributed by atoms with Gasteiger partial charge in [0.25, 0.3) is 0 Å². The van der Waals surface area contributed by atoms with Crippen LogP contribution in [-0.2, 0) is 13.1 Å². The van der Waals surface area contributed by atoms with E-state index in [4.69, 9.17) is 9.97 Å². The van der Waals surface area contributed by atoms with Crippen LogP contribution in [0.5, 0.6) is 0 Å². The fraction of sp³-hybridized carbons (Fsp3) is 0.133. The number of nitrogens with one attached hydrogen (secondary N) is 1. The molecule has 6 rings (SSSR count). The maximum atomic E-state index is 13.9. The van der Waals surface area contributed by atoms with E-state index in [1.165, 1.54) is 12.4 Å². The Hall–Kier alpha value is -4.76. The molecule has 0 aliphatic rings. The highest BCUT2D eigenvalue weighted by atomic mass is 19.2. The first kappa shape index (κ1) is 24.6. The van der Waals surface area contributed by atoms with Gasteiger partial charge in [-0.3, -0.25) is 9.88 Å². The normalized spacial score (nSPS) is 11.5. The summed E-state index contributed by atoms with van der Waals surface area (Å²) >= 11 is 0. The summed E-state index contributed by atoms with van der Waals surface area (Å²) < 4.78 is 29.2. The first-order valence-electron chi connectivity index (χ1n) is 12.5. The van der Waals surface area contributed by atoms with Crippen LogP contribution < -0.4 is 0 Å². The second kappa shape index (κ2) is 10.2. The molecular weight excluding hydrogens is 496 g/mol. The van der Waals surface area contributed by atoms with Gasteiger partial charge in [-0.15, -0.1) is 0 Å². The summed E-state index contributed by atoms with van der Waals surface area (Å²) in [5.41, 5.74) is 7.43. The van der Waals surface area contributed by atoms with Crippen molar-refractivity contribution >= 4 is 5.65 Å². The van der Waals surface area contributed by atoms with Crippen molar-refractivity contribution < 1.29 is 8.78 Å². The van der Waals surface area contributed by atoms with Gasteiger partial charge in [0, 0.05) is 24.0 Å². The van der Waals surface area contributed by atoms with E-state index < -0.39 is 11.6 Å². The van der Waals surface area contributed by atoms with E-state index in [1.807, 2.05) is 74.8 Å². The Balaban J connectivity index is 1.32. The number of aryl methyl sites for hydroxylation is 1. The molecule has 0 radical (unpaired) electrons. The van der Waals surface area contributed by atoms with Crippen LogP contribution >= 0.6 is 0 Å². The molecule has 0 spiro atoms. The molecule has 7 nitrogen and oxygen atoms in total. The molecule has 4 heterocycles. The highest BCUT2D eigenvalue weighted by Crippen LogP contribution is 2.30. The summed E-state index contributed by atoms with van der Waals surface area (Å²) in [5.74, 6) is -0.946. The number of pyridine rings is 2. The molecule has 0 aliphatic carbocycles. The Bertz CT molecular complexity index is 1790. The molecule has 0 fully saturated rings. The van der Waals surface area contributed by atoms with Gasteiger partial charge in [0.05, 0.1) is 23.6 Å². The molecule has 194 valence electrons. The number of nitrogens with zero attached hydrogens (tertiary/aromatic N) is 6. The summed E-state index contributed by atoms with van der Waals surface area (Å²) in [4.78, 5) is 19.5. The maximum absolute atomic E-state index is 13.9. The molecule has 4 aromatic heterocycles. The van der Waals surface area contributed by atoms with Crippen molar-refractivity contribution in [3.05, 3.63) is 114 Å². The summed E-state index contributed by atoms with van der Waals surface area (Å²) in [5, 5.41) is 4.27. The maximum Gasteiger partial charge on any atom is 0.159 e. The molecule has 0 amide bonds. The monoisotopic (exact) mass is 521 g/mol. The fourth-order valence-corrected chi connectivity index (χ4v) is 4.74. The number of fused-ring (bicyclic) bond motifs is 1. The van der Waals surface area contributed by atoms with Crippen molar-refractivity contribution in [3.63, 3.8) is 0 Å². The van der Waals surface area contributed by atoms with Gasteiger partial charge in [0.1, 0.15) is 12.2 Å². The zero-order valence-electron chi connectivity index (χ0n) is 21.4. The Labute approximate surface area is 223 Å². The third kappa shape index (κ3) is 5.04. The molecule has 39 heavy (non-hydrogen) atoms. The number of H-pyrrole nitrogens is 1. The largest absolute Gasteiger partial charge is 0.339 e. The lowest BCUT2D eigenvalue weighted by molar-refractivity contribution is 0.312. The van der Waals surface area contributed by atoms with Gasteiger partial charge in [-0.1, -0.05) is 36.4 Å². The minimum Gasteiger partial charge on any atom is -0.339 e. The molecule has 9 heteroatoms. The Morgan fingerprint density at radius 3 is 2.56 bits per heavy atom. The molecule has 2 aromatic carbocycles. The van der Waals surface area contributed by atoms with Crippen molar-refractivity contribution in [3.8, 4) is 33.8 Å². The predicted octanol–water partition coefficient (Wildman–Crippen LogP) is 6.07. The first-order valence-corrected chi connectivity index (χ1v) is 12.5. The Morgan fingerprint density at radius 2 is 1.72 bits per heavy atom. The number of aromatic amines is 1. The van der Waals surface area contributed by atoms with Gasteiger partial charge in [-0.05, 0) is 67.1 Å². The van der Waals surface area contributed by atoms with Gasteiger partial charge in [-0.2, -0.15) is 5.10 Å². The molecule has 0 bridgehead atoms. The highest BCUT2D eigenvalue weighted by molar-refractivity contribution is 5.77. The van der Waals surface area contributed by atoms with E-state index in [0.29, 0.717) is 18.7 Å². The number of aromatic nitrogens is 6. The van der Waals surface area contributed by atoms with Crippen molar-refractivity contribution in [2.24, 2.45) is 0 Å². The average Bonchev–Trinajstić information content (AvgIpc) is 3.57. The number of benzene rings is 2. The van der Waals surface area contributed by atoms with Crippen molar-refractivity contribution in [1.29, 1.82) is 0 Å². The number of hydrogen-bond acceptors (Lipinski definition) is 5. The van der Waals surface area contributed by atoms with Gasteiger partial charge in [0.2, 0.25) is 0 Å². The smallest absolute Gasteiger partial charge is 0.159 e. The van der Waals surface area contributed by atoms with Crippen LogP contribution in [0.2, 0.25) is 0 Å². The van der Waals surface area contributed by atoms with Crippen molar-refractivity contribution in [1.82, 2.24) is 34.4 Å². The summed E-state index contributed by atoms with van der Waals surface area (Å²) in [6.45, 7) is 3.06.